The first-order chi connectivity index (χ1) is 12.6. The van der Waals surface area contributed by atoms with Crippen LogP contribution in [0.4, 0.5) is 0 Å². The Bertz CT molecular complexity index is 621. The van der Waals surface area contributed by atoms with E-state index in [2.05, 4.69) is 52.4 Å². The van der Waals surface area contributed by atoms with Crippen molar-refractivity contribution in [3.05, 3.63) is 35.9 Å². The summed E-state index contributed by atoms with van der Waals surface area (Å²) in [6.07, 6.45) is 3.79. The number of rotatable bonds is 7. The fourth-order valence-corrected chi connectivity index (χ4v) is 4.99. The molecule has 1 aromatic carbocycles. The number of carboxylic acids is 1. The summed E-state index contributed by atoms with van der Waals surface area (Å²) in [4.78, 5) is 16.2. The molecular formula is C21H31N3O2. The number of hydrogen-bond acceptors (Lipinski definition) is 4. The van der Waals surface area contributed by atoms with Gasteiger partial charge in [-0.1, -0.05) is 37.3 Å². The third kappa shape index (κ3) is 3.66. The molecule has 4 rings (SSSR count). The van der Waals surface area contributed by atoms with E-state index in [0.29, 0.717) is 18.0 Å². The van der Waals surface area contributed by atoms with Crippen molar-refractivity contribution in [2.75, 3.05) is 32.7 Å². The molecule has 1 aliphatic carbocycles. The fourth-order valence-electron chi connectivity index (χ4n) is 4.99. The molecule has 2 N–H and O–H groups in total. The maximum Gasteiger partial charge on any atom is 0.305 e. The second-order valence-corrected chi connectivity index (χ2v) is 8.39. The topological polar surface area (TPSA) is 55.8 Å². The highest BCUT2D eigenvalue weighted by Gasteiger charge is 2.49. The van der Waals surface area contributed by atoms with Crippen LogP contribution in [-0.2, 0) is 4.79 Å². The number of hydrogen-bond donors (Lipinski definition) is 2. The van der Waals surface area contributed by atoms with E-state index in [4.69, 9.17) is 0 Å². The van der Waals surface area contributed by atoms with Crippen LogP contribution in [0.25, 0.3) is 0 Å². The normalized spacial score (nSPS) is 29.3. The summed E-state index contributed by atoms with van der Waals surface area (Å²) >= 11 is 0. The first-order valence-electron chi connectivity index (χ1n) is 10.1. The lowest BCUT2D eigenvalue weighted by atomic mass is 9.82. The average Bonchev–Trinajstić information content (AvgIpc) is 3.38. The van der Waals surface area contributed by atoms with Crippen molar-refractivity contribution in [3.8, 4) is 0 Å². The van der Waals surface area contributed by atoms with E-state index in [-0.39, 0.29) is 12.0 Å². The Morgan fingerprint density at radius 2 is 1.92 bits per heavy atom. The molecule has 1 saturated carbocycles. The molecule has 5 nitrogen and oxygen atoms in total. The quantitative estimate of drug-likeness (QED) is 0.783. The van der Waals surface area contributed by atoms with Crippen LogP contribution in [-0.4, -0.2) is 71.2 Å². The van der Waals surface area contributed by atoms with E-state index >= 15 is 0 Å². The lowest BCUT2D eigenvalue weighted by molar-refractivity contribution is -0.147. The minimum atomic E-state index is -0.662. The second kappa shape index (κ2) is 7.29. The third-order valence-corrected chi connectivity index (χ3v) is 6.60. The van der Waals surface area contributed by atoms with Crippen LogP contribution in [0.15, 0.2) is 30.3 Å². The molecule has 0 bridgehead atoms. The summed E-state index contributed by atoms with van der Waals surface area (Å²) in [5, 5.41) is 13.2. The van der Waals surface area contributed by atoms with Crippen LogP contribution in [0.1, 0.15) is 44.1 Å². The monoisotopic (exact) mass is 357 g/mol. The Morgan fingerprint density at radius 3 is 2.54 bits per heavy atom. The minimum Gasteiger partial charge on any atom is -0.481 e. The van der Waals surface area contributed by atoms with Gasteiger partial charge in [0.25, 0.3) is 0 Å². The van der Waals surface area contributed by atoms with Crippen LogP contribution in [0, 0.1) is 0 Å². The summed E-state index contributed by atoms with van der Waals surface area (Å²) in [6.45, 7) is 7.03. The lowest BCUT2D eigenvalue weighted by Crippen LogP contribution is -2.72. The Labute approximate surface area is 156 Å². The average molecular weight is 357 g/mol. The van der Waals surface area contributed by atoms with Crippen molar-refractivity contribution in [3.63, 3.8) is 0 Å². The Kier molecular flexibility index (Phi) is 5.04. The molecule has 142 valence electrons. The molecule has 2 atom stereocenters. The van der Waals surface area contributed by atoms with E-state index < -0.39 is 5.97 Å². The van der Waals surface area contributed by atoms with Gasteiger partial charge in [-0.25, -0.2) is 0 Å². The molecule has 1 unspecified atom stereocenters. The van der Waals surface area contributed by atoms with Gasteiger partial charge in [-0.05, 0) is 31.4 Å². The lowest BCUT2D eigenvalue weighted by Gasteiger charge is -2.57. The molecule has 3 fully saturated rings. The molecule has 2 heterocycles. The number of nitrogens with one attached hydrogen (secondary N) is 1. The first kappa shape index (κ1) is 18.0. The molecule has 2 aliphatic heterocycles. The van der Waals surface area contributed by atoms with Gasteiger partial charge in [0, 0.05) is 44.2 Å². The van der Waals surface area contributed by atoms with Gasteiger partial charge >= 0.3 is 5.97 Å². The molecule has 26 heavy (non-hydrogen) atoms. The summed E-state index contributed by atoms with van der Waals surface area (Å²) in [5.41, 5.74) is 1.33. The molecule has 0 radical (unpaired) electrons. The van der Waals surface area contributed by atoms with Crippen molar-refractivity contribution < 1.29 is 9.90 Å². The second-order valence-electron chi connectivity index (χ2n) is 8.39. The maximum atomic E-state index is 11.4. The fraction of sp³-hybridized carbons (Fsp3) is 0.667. The van der Waals surface area contributed by atoms with Gasteiger partial charge < -0.3 is 10.4 Å². The number of aliphatic carboxylic acids is 1. The van der Waals surface area contributed by atoms with E-state index in [1.165, 1.54) is 12.0 Å². The standard InChI is InChI=1S/C21H31N3O2/c1-2-23-14-21(15-23,13-20(25)26)24-10-8-17(9-11-24)22-19-12-18(19)16-6-4-3-5-7-16/h3-7,17-19,22H,2,8-15H2,1H3,(H,25,26)/t18?,19-/m1/s1. The van der Waals surface area contributed by atoms with Gasteiger partial charge in [-0.2, -0.15) is 0 Å². The zero-order valence-electron chi connectivity index (χ0n) is 15.7. The van der Waals surface area contributed by atoms with E-state index in [9.17, 15) is 9.90 Å². The SMILES string of the molecule is CCN1CC(CC(=O)O)(N2CCC(N[C@@H]3CC3c3ccccc3)CC2)C1. The highest BCUT2D eigenvalue weighted by Crippen LogP contribution is 2.41. The number of nitrogens with zero attached hydrogens (tertiary/aromatic N) is 2. The molecule has 0 aromatic heterocycles. The summed E-state index contributed by atoms with van der Waals surface area (Å²) < 4.78 is 0. The van der Waals surface area contributed by atoms with Crippen molar-refractivity contribution in [1.29, 1.82) is 0 Å². The molecule has 1 aromatic rings. The van der Waals surface area contributed by atoms with Gasteiger partial charge in [0.15, 0.2) is 0 Å². The molecule has 3 aliphatic rings. The number of benzene rings is 1. The first-order valence-corrected chi connectivity index (χ1v) is 10.1. The summed E-state index contributed by atoms with van der Waals surface area (Å²) in [5.74, 6) is 0.0158. The number of likely N-dealkylation sites (N-methyl/N-ethyl adjacent to an activating group) is 1. The van der Waals surface area contributed by atoms with Crippen LogP contribution in [0.3, 0.4) is 0 Å². The zero-order chi connectivity index (χ0) is 18.1. The number of likely N-dealkylation sites (tertiary alicyclic amines) is 2. The number of piperidine rings is 1. The molecule has 5 heteroatoms. The predicted molar refractivity (Wildman–Crippen MR) is 102 cm³/mol. The third-order valence-electron chi connectivity index (χ3n) is 6.60. The van der Waals surface area contributed by atoms with Crippen molar-refractivity contribution in [1.82, 2.24) is 15.1 Å². The highest BCUT2D eigenvalue weighted by molar-refractivity contribution is 5.69. The highest BCUT2D eigenvalue weighted by atomic mass is 16.4. The van der Waals surface area contributed by atoms with Crippen molar-refractivity contribution >= 4 is 5.97 Å². The van der Waals surface area contributed by atoms with Crippen molar-refractivity contribution in [2.24, 2.45) is 0 Å². The van der Waals surface area contributed by atoms with Crippen LogP contribution >= 0.6 is 0 Å². The van der Waals surface area contributed by atoms with Crippen LogP contribution < -0.4 is 5.32 Å². The van der Waals surface area contributed by atoms with Gasteiger partial charge in [0.2, 0.25) is 0 Å². The zero-order valence-corrected chi connectivity index (χ0v) is 15.7. The van der Waals surface area contributed by atoms with Crippen LogP contribution in [0.2, 0.25) is 0 Å². The number of carboxylic acid groups (broad SMARTS) is 1. The molecular weight excluding hydrogens is 326 g/mol. The molecule has 2 saturated heterocycles. The van der Waals surface area contributed by atoms with Gasteiger partial charge in [-0.3, -0.25) is 14.6 Å². The van der Waals surface area contributed by atoms with E-state index in [1.54, 1.807) is 0 Å². The maximum absolute atomic E-state index is 11.4. The Balaban J connectivity index is 1.27. The van der Waals surface area contributed by atoms with Gasteiger partial charge in [0.1, 0.15) is 0 Å². The van der Waals surface area contributed by atoms with Gasteiger partial charge in [0.05, 0.1) is 12.0 Å². The Hall–Kier alpha value is -1.43. The smallest absolute Gasteiger partial charge is 0.305 e. The molecule has 0 spiro atoms. The summed E-state index contributed by atoms with van der Waals surface area (Å²) in [6, 6.07) is 12.0. The molecule has 0 amide bonds. The minimum absolute atomic E-state index is 0.126. The van der Waals surface area contributed by atoms with Crippen molar-refractivity contribution in [2.45, 2.75) is 56.1 Å². The van der Waals surface area contributed by atoms with E-state index in [1.807, 2.05) is 0 Å². The number of carbonyl (C=O) groups is 1. The summed E-state index contributed by atoms with van der Waals surface area (Å²) in [7, 11) is 0. The predicted octanol–water partition coefficient (Wildman–Crippen LogP) is 2.15. The van der Waals surface area contributed by atoms with Crippen LogP contribution in [0.5, 0.6) is 0 Å². The largest absolute Gasteiger partial charge is 0.481 e. The Morgan fingerprint density at radius 1 is 1.23 bits per heavy atom. The van der Waals surface area contributed by atoms with Gasteiger partial charge in [-0.15, -0.1) is 0 Å². The van der Waals surface area contributed by atoms with E-state index in [0.717, 1.165) is 45.6 Å².